The molecule has 2 rings (SSSR count). The first-order valence-corrected chi connectivity index (χ1v) is 7.47. The molecule has 1 saturated carbocycles. The summed E-state index contributed by atoms with van der Waals surface area (Å²) >= 11 is 0. The van der Waals surface area contributed by atoms with Crippen molar-refractivity contribution >= 4 is 0 Å². The highest BCUT2D eigenvalue weighted by atomic mass is 16.5. The van der Waals surface area contributed by atoms with E-state index in [9.17, 15) is 0 Å². The second-order valence-corrected chi connectivity index (χ2v) is 6.62. The van der Waals surface area contributed by atoms with Crippen molar-refractivity contribution < 1.29 is 4.74 Å². The highest BCUT2D eigenvalue weighted by Gasteiger charge is 2.33. The van der Waals surface area contributed by atoms with E-state index in [1.165, 1.54) is 38.5 Å². The number of nitrogens with two attached hydrogens (primary N) is 1. The fourth-order valence-corrected chi connectivity index (χ4v) is 3.60. The van der Waals surface area contributed by atoms with Gasteiger partial charge in [0.1, 0.15) is 0 Å². The van der Waals surface area contributed by atoms with Crippen LogP contribution in [-0.2, 0) is 4.74 Å². The molecule has 0 aromatic rings. The van der Waals surface area contributed by atoms with Gasteiger partial charge in [-0.2, -0.15) is 0 Å². The van der Waals surface area contributed by atoms with E-state index in [1.807, 2.05) is 0 Å². The zero-order valence-corrected chi connectivity index (χ0v) is 11.7. The van der Waals surface area contributed by atoms with Crippen LogP contribution in [0.15, 0.2) is 0 Å². The van der Waals surface area contributed by atoms with Crippen LogP contribution < -0.4 is 5.73 Å². The minimum Gasteiger partial charge on any atom is -0.375 e. The summed E-state index contributed by atoms with van der Waals surface area (Å²) in [5.41, 5.74) is 6.30. The molecule has 2 nitrogen and oxygen atoms in total. The van der Waals surface area contributed by atoms with Crippen molar-refractivity contribution in [3.8, 4) is 0 Å². The third-order valence-electron chi connectivity index (χ3n) is 4.91. The van der Waals surface area contributed by atoms with Crippen LogP contribution in [0.5, 0.6) is 0 Å². The van der Waals surface area contributed by atoms with E-state index in [1.54, 1.807) is 0 Å². The number of hydrogen-bond acceptors (Lipinski definition) is 2. The van der Waals surface area contributed by atoms with Gasteiger partial charge in [-0.15, -0.1) is 0 Å². The lowest BCUT2D eigenvalue weighted by atomic mass is 9.72. The third-order valence-corrected chi connectivity index (χ3v) is 4.91. The van der Waals surface area contributed by atoms with Crippen LogP contribution in [0.3, 0.4) is 0 Å². The van der Waals surface area contributed by atoms with Gasteiger partial charge in [0.05, 0.1) is 12.2 Å². The van der Waals surface area contributed by atoms with Gasteiger partial charge in [-0.05, 0) is 63.2 Å². The summed E-state index contributed by atoms with van der Waals surface area (Å²) in [6, 6.07) is 0.421. The molecule has 1 saturated heterocycles. The smallest absolute Gasteiger partial charge is 0.0583 e. The molecule has 5 atom stereocenters. The summed E-state index contributed by atoms with van der Waals surface area (Å²) in [6.07, 6.45) is 8.53. The van der Waals surface area contributed by atoms with E-state index < -0.39 is 0 Å². The lowest BCUT2D eigenvalue weighted by Crippen LogP contribution is -2.39. The first-order chi connectivity index (χ1) is 8.06. The number of ether oxygens (including phenoxy) is 1. The van der Waals surface area contributed by atoms with Crippen molar-refractivity contribution in [1.82, 2.24) is 0 Å². The fraction of sp³-hybridized carbons (Fsp3) is 1.00. The zero-order chi connectivity index (χ0) is 12.4. The molecule has 0 aromatic heterocycles. The molecule has 2 N–H and O–H groups in total. The van der Waals surface area contributed by atoms with Crippen molar-refractivity contribution in [2.45, 2.75) is 77.5 Å². The molecule has 1 heterocycles. The van der Waals surface area contributed by atoms with Crippen molar-refractivity contribution in [1.29, 1.82) is 0 Å². The van der Waals surface area contributed by atoms with Crippen molar-refractivity contribution in [2.24, 2.45) is 23.5 Å². The van der Waals surface area contributed by atoms with Crippen LogP contribution in [0.2, 0.25) is 0 Å². The molecular formula is C15H29NO. The Balaban J connectivity index is 1.85. The lowest BCUT2D eigenvalue weighted by molar-refractivity contribution is 0.0287. The van der Waals surface area contributed by atoms with Gasteiger partial charge in [0.2, 0.25) is 0 Å². The van der Waals surface area contributed by atoms with Gasteiger partial charge in [0.15, 0.2) is 0 Å². The first-order valence-electron chi connectivity index (χ1n) is 7.47. The van der Waals surface area contributed by atoms with E-state index >= 15 is 0 Å². The van der Waals surface area contributed by atoms with Crippen molar-refractivity contribution in [3.63, 3.8) is 0 Å². The predicted octanol–water partition coefficient (Wildman–Crippen LogP) is 3.34. The Bertz CT molecular complexity index is 241. The average Bonchev–Trinajstić information content (AvgIpc) is 2.67. The van der Waals surface area contributed by atoms with Crippen molar-refractivity contribution in [3.05, 3.63) is 0 Å². The molecular weight excluding hydrogens is 210 g/mol. The molecule has 0 spiro atoms. The molecule has 1 aliphatic carbocycles. The Hall–Kier alpha value is -0.0800. The zero-order valence-electron chi connectivity index (χ0n) is 11.7. The van der Waals surface area contributed by atoms with Crippen LogP contribution in [0.4, 0.5) is 0 Å². The Morgan fingerprint density at radius 3 is 2.53 bits per heavy atom. The minimum absolute atomic E-state index is 0.421. The van der Waals surface area contributed by atoms with E-state index in [2.05, 4.69) is 20.8 Å². The Morgan fingerprint density at radius 2 is 1.94 bits per heavy atom. The fourth-order valence-electron chi connectivity index (χ4n) is 3.60. The maximum absolute atomic E-state index is 6.30. The quantitative estimate of drug-likeness (QED) is 0.820. The van der Waals surface area contributed by atoms with Crippen LogP contribution >= 0.6 is 0 Å². The van der Waals surface area contributed by atoms with Gasteiger partial charge >= 0.3 is 0 Å². The lowest BCUT2D eigenvalue weighted by Gasteiger charge is -2.37. The summed E-state index contributed by atoms with van der Waals surface area (Å²) in [6.45, 7) is 6.90. The highest BCUT2D eigenvalue weighted by Crippen LogP contribution is 2.37. The molecule has 0 amide bonds. The van der Waals surface area contributed by atoms with Crippen molar-refractivity contribution in [2.75, 3.05) is 0 Å². The predicted molar refractivity (Wildman–Crippen MR) is 71.8 cm³/mol. The van der Waals surface area contributed by atoms with Gasteiger partial charge in [0, 0.05) is 6.04 Å². The maximum atomic E-state index is 6.30. The third kappa shape index (κ3) is 3.45. The molecule has 2 fully saturated rings. The standard InChI is InChI=1S/C15H29NO/c1-10(2)12-5-7-15(16)13(8-12)9-14-6-4-11(3)17-14/h10-15H,4-9,16H2,1-3H3. The van der Waals surface area contributed by atoms with E-state index in [4.69, 9.17) is 10.5 Å². The van der Waals surface area contributed by atoms with Gasteiger partial charge in [-0.1, -0.05) is 13.8 Å². The summed E-state index contributed by atoms with van der Waals surface area (Å²) in [7, 11) is 0. The van der Waals surface area contributed by atoms with Gasteiger partial charge in [-0.25, -0.2) is 0 Å². The molecule has 0 radical (unpaired) electrons. The minimum atomic E-state index is 0.421. The summed E-state index contributed by atoms with van der Waals surface area (Å²) in [5, 5.41) is 0. The molecule has 2 heteroatoms. The van der Waals surface area contributed by atoms with Crippen LogP contribution in [0, 0.1) is 17.8 Å². The number of rotatable bonds is 3. The molecule has 5 unspecified atom stereocenters. The maximum Gasteiger partial charge on any atom is 0.0583 e. The van der Waals surface area contributed by atoms with E-state index in [0.29, 0.717) is 24.2 Å². The van der Waals surface area contributed by atoms with Gasteiger partial charge in [-0.3, -0.25) is 0 Å². The Morgan fingerprint density at radius 1 is 1.18 bits per heavy atom. The van der Waals surface area contributed by atoms with Crippen LogP contribution in [-0.4, -0.2) is 18.2 Å². The molecule has 2 aliphatic rings. The summed E-state index contributed by atoms with van der Waals surface area (Å²) in [5.74, 6) is 2.40. The second-order valence-electron chi connectivity index (χ2n) is 6.62. The Labute approximate surface area is 106 Å². The second kappa shape index (κ2) is 5.71. The molecule has 0 aromatic carbocycles. The molecule has 0 bridgehead atoms. The normalized spacial score (nSPS) is 43.2. The summed E-state index contributed by atoms with van der Waals surface area (Å²) < 4.78 is 5.95. The largest absolute Gasteiger partial charge is 0.375 e. The number of hydrogen-bond donors (Lipinski definition) is 1. The SMILES string of the molecule is CC1CCC(CC2CC(C(C)C)CCC2N)O1. The highest BCUT2D eigenvalue weighted by molar-refractivity contribution is 4.86. The van der Waals surface area contributed by atoms with Gasteiger partial charge in [0.25, 0.3) is 0 Å². The summed E-state index contributed by atoms with van der Waals surface area (Å²) in [4.78, 5) is 0. The monoisotopic (exact) mass is 239 g/mol. The first kappa shape index (κ1) is 13.4. The molecule has 17 heavy (non-hydrogen) atoms. The Kier molecular flexibility index (Phi) is 4.48. The van der Waals surface area contributed by atoms with Crippen LogP contribution in [0.25, 0.3) is 0 Å². The topological polar surface area (TPSA) is 35.2 Å². The molecule has 1 aliphatic heterocycles. The van der Waals surface area contributed by atoms with Gasteiger partial charge < -0.3 is 10.5 Å². The van der Waals surface area contributed by atoms with E-state index in [-0.39, 0.29) is 0 Å². The van der Waals surface area contributed by atoms with Crippen LogP contribution in [0.1, 0.15) is 59.3 Å². The van der Waals surface area contributed by atoms with E-state index in [0.717, 1.165) is 11.8 Å². The molecule has 100 valence electrons. The average molecular weight is 239 g/mol.